The second kappa shape index (κ2) is 8.71. The Kier molecular flexibility index (Phi) is 6.29. The number of carbonyl (C=O) groups is 1. The lowest BCUT2D eigenvalue weighted by Gasteiger charge is -2.23. The molecular weight excluding hydrogens is 394 g/mol. The first kappa shape index (κ1) is 20.9. The Labute approximate surface area is 169 Å². The van der Waals surface area contributed by atoms with Crippen LogP contribution in [0, 0.1) is 6.92 Å². The van der Waals surface area contributed by atoms with Gasteiger partial charge in [-0.2, -0.15) is 8.42 Å². The SMILES string of the molecule is Cc1ccc(OC2CC=C(c3nc(COS(C)(=O)=O)cc(C(N)=O)n3)CC2)cc1. The number of carbonyl (C=O) groups excluding carboxylic acids is 1. The monoisotopic (exact) mass is 417 g/mol. The maximum atomic E-state index is 11.6. The minimum absolute atomic E-state index is 0.0148. The maximum absolute atomic E-state index is 11.6. The number of hydrogen-bond donors (Lipinski definition) is 1. The lowest BCUT2D eigenvalue weighted by Crippen LogP contribution is -2.20. The summed E-state index contributed by atoms with van der Waals surface area (Å²) in [6.45, 7) is 1.73. The van der Waals surface area contributed by atoms with Gasteiger partial charge in [0.15, 0.2) is 5.82 Å². The van der Waals surface area contributed by atoms with E-state index in [0.29, 0.717) is 18.7 Å². The van der Waals surface area contributed by atoms with Crippen LogP contribution in [0.1, 0.15) is 46.8 Å². The van der Waals surface area contributed by atoms with E-state index in [1.807, 2.05) is 37.3 Å². The van der Waals surface area contributed by atoms with Crippen molar-refractivity contribution < 1.29 is 22.1 Å². The third kappa shape index (κ3) is 6.10. The van der Waals surface area contributed by atoms with Crippen LogP contribution < -0.4 is 10.5 Å². The summed E-state index contributed by atoms with van der Waals surface area (Å²) in [4.78, 5) is 20.2. The van der Waals surface area contributed by atoms with Gasteiger partial charge in [0.1, 0.15) is 24.2 Å². The van der Waals surface area contributed by atoms with Gasteiger partial charge in [-0.05, 0) is 43.5 Å². The fourth-order valence-electron chi connectivity index (χ4n) is 2.94. The topological polar surface area (TPSA) is 121 Å². The molecule has 1 aromatic carbocycles. The molecule has 0 aliphatic heterocycles. The van der Waals surface area contributed by atoms with E-state index < -0.39 is 16.0 Å². The number of aromatic nitrogens is 2. The third-order valence-electron chi connectivity index (χ3n) is 4.43. The van der Waals surface area contributed by atoms with Crippen LogP contribution >= 0.6 is 0 Å². The summed E-state index contributed by atoms with van der Waals surface area (Å²) in [5.74, 6) is 0.457. The molecule has 0 fully saturated rings. The van der Waals surface area contributed by atoms with Crippen molar-refractivity contribution in [1.29, 1.82) is 0 Å². The van der Waals surface area contributed by atoms with E-state index in [0.717, 1.165) is 24.0 Å². The fourth-order valence-corrected chi connectivity index (χ4v) is 3.27. The van der Waals surface area contributed by atoms with E-state index >= 15 is 0 Å². The Morgan fingerprint density at radius 1 is 1.24 bits per heavy atom. The van der Waals surface area contributed by atoms with Gasteiger partial charge >= 0.3 is 0 Å². The van der Waals surface area contributed by atoms with Crippen LogP contribution in [0.15, 0.2) is 36.4 Å². The molecule has 1 amide bonds. The maximum Gasteiger partial charge on any atom is 0.267 e. The van der Waals surface area contributed by atoms with E-state index in [1.54, 1.807) is 0 Å². The highest BCUT2D eigenvalue weighted by Crippen LogP contribution is 2.28. The van der Waals surface area contributed by atoms with Crippen LogP contribution in [0.5, 0.6) is 5.75 Å². The summed E-state index contributed by atoms with van der Waals surface area (Å²) in [6, 6.07) is 9.24. The van der Waals surface area contributed by atoms with Crippen LogP contribution in [-0.4, -0.2) is 36.7 Å². The van der Waals surface area contributed by atoms with Gasteiger partial charge in [-0.1, -0.05) is 23.8 Å². The lowest BCUT2D eigenvalue weighted by molar-refractivity contribution is 0.0995. The van der Waals surface area contributed by atoms with Gasteiger partial charge in [0.05, 0.1) is 11.9 Å². The summed E-state index contributed by atoms with van der Waals surface area (Å²) in [5.41, 5.74) is 7.67. The highest BCUT2D eigenvalue weighted by molar-refractivity contribution is 7.85. The average molecular weight is 417 g/mol. The number of rotatable bonds is 7. The summed E-state index contributed by atoms with van der Waals surface area (Å²) in [5, 5.41) is 0. The third-order valence-corrected chi connectivity index (χ3v) is 4.97. The molecule has 8 nitrogen and oxygen atoms in total. The normalized spacial score (nSPS) is 16.9. The van der Waals surface area contributed by atoms with Crippen molar-refractivity contribution in [1.82, 2.24) is 9.97 Å². The van der Waals surface area contributed by atoms with Gasteiger partial charge in [0, 0.05) is 6.42 Å². The molecule has 1 aromatic heterocycles. The molecule has 1 unspecified atom stereocenters. The van der Waals surface area contributed by atoms with Crippen molar-refractivity contribution in [3.8, 4) is 5.75 Å². The second-order valence-electron chi connectivity index (χ2n) is 6.96. The predicted molar refractivity (Wildman–Crippen MR) is 108 cm³/mol. The molecule has 0 spiro atoms. The van der Waals surface area contributed by atoms with Gasteiger partial charge in [-0.15, -0.1) is 0 Å². The minimum Gasteiger partial charge on any atom is -0.490 e. The molecule has 0 saturated heterocycles. The van der Waals surface area contributed by atoms with Crippen molar-refractivity contribution in [2.24, 2.45) is 5.73 Å². The Hall–Kier alpha value is -2.78. The van der Waals surface area contributed by atoms with Crippen LogP contribution in [0.25, 0.3) is 5.57 Å². The quantitative estimate of drug-likeness (QED) is 0.686. The van der Waals surface area contributed by atoms with Crippen molar-refractivity contribution in [3.63, 3.8) is 0 Å². The zero-order valence-electron chi connectivity index (χ0n) is 16.3. The first-order chi connectivity index (χ1) is 13.7. The van der Waals surface area contributed by atoms with Gasteiger partial charge in [0.2, 0.25) is 0 Å². The molecule has 2 N–H and O–H groups in total. The predicted octanol–water partition coefficient (Wildman–Crippen LogP) is 2.38. The number of amides is 1. The summed E-state index contributed by atoms with van der Waals surface area (Å²) in [7, 11) is -3.64. The van der Waals surface area contributed by atoms with Gasteiger partial charge in [0.25, 0.3) is 16.0 Å². The molecule has 9 heteroatoms. The van der Waals surface area contributed by atoms with Crippen molar-refractivity contribution in [2.45, 2.75) is 38.9 Å². The lowest BCUT2D eigenvalue weighted by atomic mass is 9.96. The molecule has 0 radical (unpaired) electrons. The molecule has 1 heterocycles. The largest absolute Gasteiger partial charge is 0.490 e. The van der Waals surface area contributed by atoms with Gasteiger partial charge < -0.3 is 10.5 Å². The van der Waals surface area contributed by atoms with Gasteiger partial charge in [-0.25, -0.2) is 9.97 Å². The fraction of sp³-hybridized carbons (Fsp3) is 0.350. The number of benzene rings is 1. The summed E-state index contributed by atoms with van der Waals surface area (Å²) in [6.07, 6.45) is 5.05. The highest BCUT2D eigenvalue weighted by Gasteiger charge is 2.20. The van der Waals surface area contributed by atoms with Crippen molar-refractivity contribution in [3.05, 3.63) is 59.2 Å². The smallest absolute Gasteiger partial charge is 0.267 e. The zero-order chi connectivity index (χ0) is 21.0. The number of ether oxygens (including phenoxy) is 1. The molecule has 1 aliphatic carbocycles. The van der Waals surface area contributed by atoms with E-state index in [9.17, 15) is 13.2 Å². The Balaban J connectivity index is 1.75. The number of aryl methyl sites for hydroxylation is 1. The molecule has 0 saturated carbocycles. The van der Waals surface area contributed by atoms with E-state index in [4.69, 9.17) is 14.7 Å². The van der Waals surface area contributed by atoms with Gasteiger partial charge in [-0.3, -0.25) is 8.98 Å². The number of allylic oxidation sites excluding steroid dienone is 1. The van der Waals surface area contributed by atoms with Crippen molar-refractivity contribution >= 4 is 21.6 Å². The molecular formula is C20H23N3O5S. The van der Waals surface area contributed by atoms with Crippen LogP contribution in [-0.2, 0) is 20.9 Å². The van der Waals surface area contributed by atoms with Crippen LogP contribution in [0.2, 0.25) is 0 Å². The molecule has 29 heavy (non-hydrogen) atoms. The standard InChI is InChI=1S/C20H23N3O5S/c1-13-3-7-16(8-4-13)28-17-9-5-14(6-10-17)20-22-15(12-27-29(2,25)26)11-18(23-20)19(21)24/h3-5,7-8,11,17H,6,9-10,12H2,1-2H3,(H2,21,24). The first-order valence-electron chi connectivity index (χ1n) is 9.14. The van der Waals surface area contributed by atoms with E-state index in [1.165, 1.54) is 11.6 Å². The molecule has 2 aromatic rings. The van der Waals surface area contributed by atoms with Crippen LogP contribution in [0.3, 0.4) is 0 Å². The van der Waals surface area contributed by atoms with Crippen LogP contribution in [0.4, 0.5) is 0 Å². The zero-order valence-corrected chi connectivity index (χ0v) is 17.1. The Morgan fingerprint density at radius 3 is 2.55 bits per heavy atom. The highest BCUT2D eigenvalue weighted by atomic mass is 32.2. The average Bonchev–Trinajstić information content (AvgIpc) is 2.68. The van der Waals surface area contributed by atoms with Crippen molar-refractivity contribution in [2.75, 3.05) is 6.26 Å². The molecule has 3 rings (SSSR count). The number of primary amides is 1. The number of nitrogens with two attached hydrogens (primary N) is 1. The molecule has 154 valence electrons. The first-order valence-corrected chi connectivity index (χ1v) is 11.0. The number of hydrogen-bond acceptors (Lipinski definition) is 7. The summed E-state index contributed by atoms with van der Waals surface area (Å²) >= 11 is 0. The molecule has 1 aliphatic rings. The number of nitrogens with zero attached hydrogens (tertiary/aromatic N) is 2. The Morgan fingerprint density at radius 2 is 1.97 bits per heavy atom. The Bertz CT molecular complexity index is 1030. The minimum atomic E-state index is -3.64. The molecule has 0 bridgehead atoms. The van der Waals surface area contributed by atoms with E-state index in [2.05, 4.69) is 9.97 Å². The second-order valence-corrected chi connectivity index (χ2v) is 8.60. The van der Waals surface area contributed by atoms with E-state index in [-0.39, 0.29) is 24.1 Å². The molecule has 1 atom stereocenters. The summed E-state index contributed by atoms with van der Waals surface area (Å²) < 4.78 is 33.2.